The third-order valence-corrected chi connectivity index (χ3v) is 5.45. The number of hydrogen-bond donors (Lipinski definition) is 0. The highest BCUT2D eigenvalue weighted by Gasteiger charge is 2.14. The Bertz CT molecular complexity index is 1170. The van der Waals surface area contributed by atoms with Crippen LogP contribution in [0.15, 0.2) is 45.9 Å². The molecule has 0 atom stereocenters. The van der Waals surface area contributed by atoms with Crippen molar-refractivity contribution in [3.8, 4) is 11.5 Å². The van der Waals surface area contributed by atoms with Gasteiger partial charge in [-0.15, -0.1) is 0 Å². The van der Waals surface area contributed by atoms with Gasteiger partial charge in [0, 0.05) is 42.7 Å². The van der Waals surface area contributed by atoms with Crippen LogP contribution in [0.3, 0.4) is 0 Å². The van der Waals surface area contributed by atoms with Gasteiger partial charge in [0.2, 0.25) is 5.91 Å². The van der Waals surface area contributed by atoms with Gasteiger partial charge in [-0.1, -0.05) is 15.9 Å². The molecule has 0 spiro atoms. The molecule has 7 nitrogen and oxygen atoms in total. The van der Waals surface area contributed by atoms with Crippen LogP contribution >= 0.6 is 15.9 Å². The minimum Gasteiger partial charge on any atom is -0.493 e. The van der Waals surface area contributed by atoms with Gasteiger partial charge in [0.25, 0.3) is 5.56 Å². The number of aryl methyl sites for hydroxylation is 1. The fourth-order valence-corrected chi connectivity index (χ4v) is 3.65. The van der Waals surface area contributed by atoms with Gasteiger partial charge in [0.15, 0.2) is 11.5 Å². The first-order chi connectivity index (χ1) is 14.8. The third-order valence-electron chi connectivity index (χ3n) is 4.96. The molecule has 0 radical (unpaired) electrons. The Labute approximate surface area is 187 Å². The van der Waals surface area contributed by atoms with Crippen LogP contribution in [0.5, 0.6) is 11.5 Å². The Balaban J connectivity index is 1.65. The summed E-state index contributed by atoms with van der Waals surface area (Å²) in [5.74, 6) is 0.453. The number of methoxy groups -OCH3 is 2. The van der Waals surface area contributed by atoms with E-state index < -0.39 is 0 Å². The summed E-state index contributed by atoms with van der Waals surface area (Å²) < 4.78 is 26.6. The van der Waals surface area contributed by atoms with Crippen LogP contribution in [0.2, 0.25) is 0 Å². The monoisotopic (exact) mass is 491 g/mol. The molecule has 3 rings (SSSR count). The van der Waals surface area contributed by atoms with Crippen LogP contribution in [0.4, 0.5) is 4.39 Å². The Morgan fingerprint density at radius 3 is 2.61 bits per heavy atom. The van der Waals surface area contributed by atoms with Gasteiger partial charge in [-0.05, 0) is 30.7 Å². The molecule has 0 saturated carbocycles. The molecule has 0 fully saturated rings. The maximum atomic E-state index is 13.9. The normalized spacial score (nSPS) is 10.9. The molecule has 1 aromatic heterocycles. The van der Waals surface area contributed by atoms with E-state index in [1.165, 1.54) is 36.1 Å². The maximum absolute atomic E-state index is 13.9. The lowest BCUT2D eigenvalue weighted by Crippen LogP contribution is -2.27. The van der Waals surface area contributed by atoms with E-state index in [-0.39, 0.29) is 30.2 Å². The van der Waals surface area contributed by atoms with E-state index in [9.17, 15) is 14.0 Å². The van der Waals surface area contributed by atoms with E-state index in [0.29, 0.717) is 40.9 Å². The Morgan fingerprint density at radius 1 is 1.19 bits per heavy atom. The molecule has 3 aromatic rings. The molecule has 0 bridgehead atoms. The van der Waals surface area contributed by atoms with Gasteiger partial charge < -0.3 is 14.4 Å². The molecule has 9 heteroatoms. The Morgan fingerprint density at radius 2 is 1.90 bits per heavy atom. The highest BCUT2D eigenvalue weighted by atomic mass is 79.9. The number of halogens is 2. The standard InChI is InChI=1S/C22H23BrFN3O4/c1-26(12-14-9-15(23)6-7-17(14)24)21(28)5-4-8-27-13-25-18-11-20(31-3)19(30-2)10-16(18)22(27)29/h6-7,9-11,13H,4-5,8,12H2,1-3H3. The fraction of sp³-hybridized carbons (Fsp3) is 0.318. The molecule has 1 amide bonds. The number of benzene rings is 2. The van der Waals surface area contributed by atoms with Gasteiger partial charge in [0.05, 0.1) is 31.4 Å². The molecular formula is C22H23BrFN3O4. The highest BCUT2D eigenvalue weighted by Crippen LogP contribution is 2.29. The molecule has 0 unspecified atom stereocenters. The number of hydrogen-bond acceptors (Lipinski definition) is 5. The second kappa shape index (κ2) is 9.91. The van der Waals surface area contributed by atoms with Crippen molar-refractivity contribution in [1.82, 2.24) is 14.5 Å². The number of carbonyl (C=O) groups excluding carboxylic acids is 1. The summed E-state index contributed by atoms with van der Waals surface area (Å²) in [6.07, 6.45) is 2.13. The molecule has 1 heterocycles. The first-order valence-corrected chi connectivity index (χ1v) is 10.4. The molecule has 0 aliphatic heterocycles. The second-order valence-electron chi connectivity index (χ2n) is 7.06. The van der Waals surface area contributed by atoms with Crippen LogP contribution in [-0.4, -0.2) is 41.6 Å². The van der Waals surface area contributed by atoms with Crippen molar-refractivity contribution >= 4 is 32.7 Å². The summed E-state index contributed by atoms with van der Waals surface area (Å²) in [5, 5.41) is 0.411. The number of aromatic nitrogens is 2. The predicted molar refractivity (Wildman–Crippen MR) is 119 cm³/mol. The third kappa shape index (κ3) is 5.22. The zero-order chi connectivity index (χ0) is 22.5. The molecule has 164 valence electrons. The summed E-state index contributed by atoms with van der Waals surface area (Å²) >= 11 is 3.31. The Hall–Kier alpha value is -2.94. The molecule has 31 heavy (non-hydrogen) atoms. The first-order valence-electron chi connectivity index (χ1n) is 9.63. The van der Waals surface area contributed by atoms with Gasteiger partial charge in [-0.3, -0.25) is 14.2 Å². The van der Waals surface area contributed by atoms with Gasteiger partial charge >= 0.3 is 0 Å². The average Bonchev–Trinajstić information content (AvgIpc) is 2.76. The van der Waals surface area contributed by atoms with Crippen molar-refractivity contribution in [3.05, 3.63) is 62.9 Å². The Kier molecular flexibility index (Phi) is 7.27. The maximum Gasteiger partial charge on any atom is 0.261 e. The smallest absolute Gasteiger partial charge is 0.261 e. The highest BCUT2D eigenvalue weighted by molar-refractivity contribution is 9.10. The minimum atomic E-state index is -0.358. The predicted octanol–water partition coefficient (Wildman–Crippen LogP) is 3.75. The number of rotatable bonds is 8. The zero-order valence-corrected chi connectivity index (χ0v) is 19.1. The molecule has 0 aliphatic carbocycles. The molecule has 0 saturated heterocycles. The van der Waals surface area contributed by atoms with E-state index >= 15 is 0 Å². The summed E-state index contributed by atoms with van der Waals surface area (Å²) in [6.45, 7) is 0.504. The summed E-state index contributed by atoms with van der Waals surface area (Å²) in [5.41, 5.74) is 0.721. The largest absolute Gasteiger partial charge is 0.493 e. The van der Waals surface area contributed by atoms with Crippen molar-refractivity contribution in [3.63, 3.8) is 0 Å². The van der Waals surface area contributed by atoms with Crippen molar-refractivity contribution in [2.24, 2.45) is 0 Å². The average molecular weight is 492 g/mol. The molecular weight excluding hydrogens is 469 g/mol. The lowest BCUT2D eigenvalue weighted by molar-refractivity contribution is -0.130. The summed E-state index contributed by atoms with van der Waals surface area (Å²) in [6, 6.07) is 7.89. The summed E-state index contributed by atoms with van der Waals surface area (Å²) in [4.78, 5) is 31.0. The summed E-state index contributed by atoms with van der Waals surface area (Å²) in [7, 11) is 4.65. The fourth-order valence-electron chi connectivity index (χ4n) is 3.24. The van der Waals surface area contributed by atoms with Crippen LogP contribution in [0.25, 0.3) is 10.9 Å². The van der Waals surface area contributed by atoms with E-state index in [1.54, 1.807) is 31.3 Å². The van der Waals surface area contributed by atoms with E-state index in [1.807, 2.05) is 0 Å². The zero-order valence-electron chi connectivity index (χ0n) is 17.5. The topological polar surface area (TPSA) is 73.7 Å². The van der Waals surface area contributed by atoms with Crippen molar-refractivity contribution in [2.75, 3.05) is 21.3 Å². The first kappa shape index (κ1) is 22.7. The SMILES string of the molecule is COc1cc2ncn(CCCC(=O)N(C)Cc3cc(Br)ccc3F)c(=O)c2cc1OC. The van der Waals surface area contributed by atoms with Crippen LogP contribution in [0.1, 0.15) is 18.4 Å². The van der Waals surface area contributed by atoms with Gasteiger partial charge in [-0.25, -0.2) is 9.37 Å². The number of carbonyl (C=O) groups is 1. The van der Waals surface area contributed by atoms with Crippen molar-refractivity contribution in [1.29, 1.82) is 0 Å². The second-order valence-corrected chi connectivity index (χ2v) is 7.97. The van der Waals surface area contributed by atoms with Gasteiger partial charge in [0.1, 0.15) is 5.82 Å². The number of fused-ring (bicyclic) bond motifs is 1. The van der Waals surface area contributed by atoms with Crippen molar-refractivity contribution < 1.29 is 18.7 Å². The molecule has 0 aliphatic rings. The van der Waals surface area contributed by atoms with E-state index in [0.717, 1.165) is 4.47 Å². The lowest BCUT2D eigenvalue weighted by Gasteiger charge is -2.18. The van der Waals surface area contributed by atoms with Crippen LogP contribution in [0, 0.1) is 5.82 Å². The number of nitrogens with zero attached hydrogens (tertiary/aromatic N) is 3. The molecule has 0 N–H and O–H groups in total. The van der Waals surface area contributed by atoms with Crippen LogP contribution < -0.4 is 15.0 Å². The van der Waals surface area contributed by atoms with E-state index in [2.05, 4.69) is 20.9 Å². The van der Waals surface area contributed by atoms with E-state index in [4.69, 9.17) is 9.47 Å². The van der Waals surface area contributed by atoms with Crippen molar-refractivity contribution in [2.45, 2.75) is 25.9 Å². The molecule has 2 aromatic carbocycles. The van der Waals surface area contributed by atoms with Crippen LogP contribution in [-0.2, 0) is 17.9 Å². The lowest BCUT2D eigenvalue weighted by atomic mass is 10.2. The number of ether oxygens (including phenoxy) is 2. The number of amides is 1. The quantitative estimate of drug-likeness (QED) is 0.479. The minimum absolute atomic E-state index is 0.132. The van der Waals surface area contributed by atoms with Gasteiger partial charge in [-0.2, -0.15) is 0 Å².